The highest BCUT2D eigenvalue weighted by molar-refractivity contribution is 6.13. The molecule has 19 heavy (non-hydrogen) atoms. The molecule has 0 aliphatic carbocycles. The average molecular weight is 272 g/mol. The maximum absolute atomic E-state index is 13.3. The summed E-state index contributed by atoms with van der Waals surface area (Å²) in [6.45, 7) is 4.66. The molecule has 0 aliphatic rings. The number of halogens is 1. The van der Waals surface area contributed by atoms with Crippen molar-refractivity contribution in [2.75, 3.05) is 0 Å². The first-order valence-electron chi connectivity index (χ1n) is 6.05. The molecular weight excluding hydrogens is 250 g/mol. The zero-order valence-electron chi connectivity index (χ0n) is 11.6. The van der Waals surface area contributed by atoms with Gasteiger partial charge in [0.05, 0.1) is 11.2 Å². The lowest BCUT2D eigenvalue weighted by Gasteiger charge is -2.35. The molecule has 0 heterocycles. The van der Waals surface area contributed by atoms with Crippen molar-refractivity contribution in [3.63, 3.8) is 0 Å². The van der Waals surface area contributed by atoms with Crippen molar-refractivity contribution < 1.29 is 24.7 Å². The molecule has 4 N–H and O–H groups in total. The molecule has 0 saturated heterocycles. The fourth-order valence-corrected chi connectivity index (χ4v) is 1.39. The Bertz CT molecular complexity index is 377. The van der Waals surface area contributed by atoms with E-state index in [1.807, 2.05) is 0 Å². The van der Waals surface area contributed by atoms with Crippen molar-refractivity contribution in [2.24, 2.45) is 0 Å². The Labute approximate surface area is 113 Å². The van der Waals surface area contributed by atoms with Gasteiger partial charge in [-0.15, -0.1) is 0 Å². The molecule has 6 heteroatoms. The van der Waals surface area contributed by atoms with Gasteiger partial charge in [-0.2, -0.15) is 0 Å². The largest absolute Gasteiger partial charge is 0.432 e. The van der Waals surface area contributed by atoms with Crippen LogP contribution < -0.4 is 0 Å². The first-order valence-corrected chi connectivity index (χ1v) is 6.05. The van der Waals surface area contributed by atoms with E-state index in [1.54, 1.807) is 39.0 Å². The summed E-state index contributed by atoms with van der Waals surface area (Å²) in [6.07, 6.45) is 0.723. The summed E-state index contributed by atoms with van der Waals surface area (Å²) in [6, 6.07) is 6.48. The van der Waals surface area contributed by atoms with Crippen LogP contribution >= 0.6 is 0 Å². The molecule has 1 unspecified atom stereocenters. The van der Waals surface area contributed by atoms with Crippen LogP contribution in [0.1, 0.15) is 32.8 Å². The van der Waals surface area contributed by atoms with Gasteiger partial charge in [0.1, 0.15) is 5.82 Å². The zero-order chi connectivity index (χ0) is 15.1. The zero-order valence-corrected chi connectivity index (χ0v) is 11.6. The lowest BCUT2D eigenvalue weighted by molar-refractivity contribution is -0.123. The molecule has 0 radical (unpaired) electrons. The summed E-state index contributed by atoms with van der Waals surface area (Å²) >= 11 is 0. The van der Waals surface area contributed by atoms with Crippen molar-refractivity contribution >= 4 is 7.69 Å². The Morgan fingerprint density at radius 2 is 1.58 bits per heavy atom. The smallest absolute Gasteiger partial charge is 0.430 e. The van der Waals surface area contributed by atoms with Gasteiger partial charge in [-0.05, 0) is 45.2 Å². The molecule has 0 spiro atoms. The second kappa shape index (κ2) is 7.60. The van der Waals surface area contributed by atoms with Crippen molar-refractivity contribution in [3.8, 4) is 0 Å². The SMILES string of the molecule is CC(C)(O)C(C)(O)CCc1ccccc1F.OBO. The monoisotopic (exact) mass is 272 g/mol. The van der Waals surface area contributed by atoms with Crippen molar-refractivity contribution in [3.05, 3.63) is 35.6 Å². The topological polar surface area (TPSA) is 80.9 Å². The summed E-state index contributed by atoms with van der Waals surface area (Å²) in [4.78, 5) is 0. The van der Waals surface area contributed by atoms with Crippen LogP contribution in [0.5, 0.6) is 0 Å². The third-order valence-corrected chi connectivity index (χ3v) is 3.16. The number of benzene rings is 1. The second-order valence-electron chi connectivity index (χ2n) is 5.07. The predicted octanol–water partition coefficient (Wildman–Crippen LogP) is 0.518. The summed E-state index contributed by atoms with van der Waals surface area (Å²) in [5, 5.41) is 34.0. The van der Waals surface area contributed by atoms with Gasteiger partial charge < -0.3 is 20.3 Å². The molecular formula is C13H22BFO4. The third-order valence-electron chi connectivity index (χ3n) is 3.16. The van der Waals surface area contributed by atoms with E-state index >= 15 is 0 Å². The minimum Gasteiger partial charge on any atom is -0.430 e. The predicted molar refractivity (Wildman–Crippen MR) is 73.2 cm³/mol. The fourth-order valence-electron chi connectivity index (χ4n) is 1.39. The Balaban J connectivity index is 0.000000982. The van der Waals surface area contributed by atoms with Crippen LogP contribution in [0.25, 0.3) is 0 Å². The van der Waals surface area contributed by atoms with Crippen molar-refractivity contribution in [1.29, 1.82) is 0 Å². The Morgan fingerprint density at radius 3 is 2.00 bits per heavy atom. The van der Waals surface area contributed by atoms with Gasteiger partial charge in [-0.25, -0.2) is 4.39 Å². The first kappa shape index (κ1) is 18.1. The van der Waals surface area contributed by atoms with Crippen LogP contribution in [-0.2, 0) is 6.42 Å². The van der Waals surface area contributed by atoms with Gasteiger partial charge in [0.15, 0.2) is 0 Å². The highest BCUT2D eigenvalue weighted by Crippen LogP contribution is 2.26. The molecule has 1 aromatic rings. The van der Waals surface area contributed by atoms with Gasteiger partial charge in [0.25, 0.3) is 0 Å². The van der Waals surface area contributed by atoms with Crippen LogP contribution in [0.15, 0.2) is 24.3 Å². The maximum atomic E-state index is 13.3. The summed E-state index contributed by atoms with van der Waals surface area (Å²) in [7, 11) is -0.750. The molecule has 4 nitrogen and oxygen atoms in total. The second-order valence-corrected chi connectivity index (χ2v) is 5.07. The molecule has 0 aromatic heterocycles. The van der Waals surface area contributed by atoms with Gasteiger partial charge in [0, 0.05) is 0 Å². The van der Waals surface area contributed by atoms with E-state index in [0.29, 0.717) is 18.4 Å². The van der Waals surface area contributed by atoms with E-state index in [-0.39, 0.29) is 5.82 Å². The number of rotatable bonds is 4. The van der Waals surface area contributed by atoms with Crippen LogP contribution in [0.3, 0.4) is 0 Å². The van der Waals surface area contributed by atoms with E-state index in [9.17, 15) is 14.6 Å². The van der Waals surface area contributed by atoms with Crippen LogP contribution in [-0.4, -0.2) is 39.1 Å². The van der Waals surface area contributed by atoms with Crippen LogP contribution in [0.4, 0.5) is 4.39 Å². The molecule has 1 aromatic carbocycles. The van der Waals surface area contributed by atoms with Crippen molar-refractivity contribution in [2.45, 2.75) is 44.8 Å². The number of hydrogen-bond donors (Lipinski definition) is 4. The Kier molecular flexibility index (Phi) is 7.22. The standard InChI is InChI=1S/C13H19FO2.BH3O2/c1-12(2,15)13(3,16)9-8-10-6-4-5-7-11(10)14;2-1-3/h4-7,15-16H,8-9H2,1-3H3;1-3H. The Hall–Kier alpha value is -0.945. The minimum absolute atomic E-state index is 0.269. The maximum Gasteiger partial charge on any atom is 0.432 e. The third kappa shape index (κ3) is 6.16. The summed E-state index contributed by atoms with van der Waals surface area (Å²) in [5.41, 5.74) is -1.86. The quantitative estimate of drug-likeness (QED) is 0.602. The number of aliphatic hydroxyl groups is 2. The first-order chi connectivity index (χ1) is 8.65. The normalized spacial score (nSPS) is 14.1. The molecule has 108 valence electrons. The molecule has 0 saturated carbocycles. The summed E-state index contributed by atoms with van der Waals surface area (Å²) < 4.78 is 13.3. The van der Waals surface area contributed by atoms with Crippen LogP contribution in [0.2, 0.25) is 0 Å². The van der Waals surface area contributed by atoms with Crippen molar-refractivity contribution in [1.82, 2.24) is 0 Å². The van der Waals surface area contributed by atoms with Crippen LogP contribution in [0, 0.1) is 5.82 Å². The number of hydrogen-bond acceptors (Lipinski definition) is 4. The molecule has 1 atom stereocenters. The highest BCUT2D eigenvalue weighted by Gasteiger charge is 2.36. The minimum atomic E-state index is -1.23. The molecule has 0 aliphatic heterocycles. The molecule has 0 bridgehead atoms. The van der Waals surface area contributed by atoms with Gasteiger partial charge in [-0.1, -0.05) is 18.2 Å². The van der Waals surface area contributed by atoms with Gasteiger partial charge in [0.2, 0.25) is 0 Å². The highest BCUT2D eigenvalue weighted by atomic mass is 19.1. The summed E-state index contributed by atoms with van der Waals surface area (Å²) in [5.74, 6) is -0.269. The van der Waals surface area contributed by atoms with E-state index < -0.39 is 18.9 Å². The Morgan fingerprint density at radius 1 is 1.11 bits per heavy atom. The molecule has 0 fully saturated rings. The van der Waals surface area contributed by atoms with E-state index in [2.05, 4.69) is 0 Å². The average Bonchev–Trinajstić information content (AvgIpc) is 2.27. The van der Waals surface area contributed by atoms with Gasteiger partial charge in [-0.3, -0.25) is 0 Å². The lowest BCUT2D eigenvalue weighted by Crippen LogP contribution is -2.47. The number of aryl methyl sites for hydroxylation is 1. The molecule has 1 rings (SSSR count). The fraction of sp³-hybridized carbons (Fsp3) is 0.538. The van der Waals surface area contributed by atoms with E-state index in [4.69, 9.17) is 10.0 Å². The van der Waals surface area contributed by atoms with E-state index in [1.165, 1.54) is 6.07 Å². The van der Waals surface area contributed by atoms with E-state index in [0.717, 1.165) is 0 Å². The lowest BCUT2D eigenvalue weighted by atomic mass is 9.83. The molecule has 0 amide bonds. The van der Waals surface area contributed by atoms with Gasteiger partial charge >= 0.3 is 7.69 Å².